The van der Waals surface area contributed by atoms with Crippen molar-refractivity contribution < 1.29 is 23.4 Å². The van der Waals surface area contributed by atoms with Gasteiger partial charge in [0.1, 0.15) is 11.4 Å². The maximum Gasteiger partial charge on any atom is 0.308 e. The van der Waals surface area contributed by atoms with Gasteiger partial charge in [-0.2, -0.15) is 0 Å². The summed E-state index contributed by atoms with van der Waals surface area (Å²) in [4.78, 5) is 17.8. The van der Waals surface area contributed by atoms with E-state index in [1.54, 1.807) is 12.1 Å². The van der Waals surface area contributed by atoms with Crippen molar-refractivity contribution in [3.05, 3.63) is 65.1 Å². The van der Waals surface area contributed by atoms with Gasteiger partial charge in [0.25, 0.3) is 0 Å². The first-order valence-corrected chi connectivity index (χ1v) is 13.8. The molecule has 6 rings (SSSR count). The Bertz CT molecular complexity index is 1400. The number of carbonyl (C=O) groups is 1. The number of hydrogen-bond donors (Lipinski definition) is 0. The first-order valence-electron chi connectivity index (χ1n) is 13.8. The fourth-order valence-electron chi connectivity index (χ4n) is 6.30. The van der Waals surface area contributed by atoms with Crippen molar-refractivity contribution >= 4 is 16.9 Å². The van der Waals surface area contributed by atoms with E-state index < -0.39 is 11.4 Å². The van der Waals surface area contributed by atoms with Gasteiger partial charge < -0.3 is 14.2 Å². The fourth-order valence-corrected chi connectivity index (χ4v) is 6.30. The average molecular weight is 518 g/mol. The number of aromatic nitrogens is 1. The number of para-hydroxylation sites is 1. The molecule has 0 N–H and O–H groups in total. The Morgan fingerprint density at radius 3 is 2.63 bits per heavy atom. The quantitative estimate of drug-likeness (QED) is 0.343. The van der Waals surface area contributed by atoms with E-state index in [4.69, 9.17) is 19.2 Å². The molecule has 1 saturated heterocycles. The molecule has 3 aliphatic rings. The molecule has 0 amide bonds. The number of carbonyl (C=O) groups excluding carboxylic acids is 1. The van der Waals surface area contributed by atoms with Crippen LogP contribution in [0.3, 0.4) is 0 Å². The van der Waals surface area contributed by atoms with Crippen LogP contribution in [0.5, 0.6) is 0 Å². The van der Waals surface area contributed by atoms with Gasteiger partial charge in [0.05, 0.1) is 24.1 Å². The van der Waals surface area contributed by atoms with Crippen LogP contribution in [0.15, 0.2) is 42.5 Å². The molecule has 2 heterocycles. The molecule has 1 saturated carbocycles. The summed E-state index contributed by atoms with van der Waals surface area (Å²) >= 11 is 0. The Morgan fingerprint density at radius 1 is 1.13 bits per heavy atom. The van der Waals surface area contributed by atoms with Gasteiger partial charge >= 0.3 is 5.97 Å². The lowest BCUT2D eigenvalue weighted by Gasteiger charge is -2.45. The van der Waals surface area contributed by atoms with Crippen LogP contribution >= 0.6 is 0 Å². The van der Waals surface area contributed by atoms with Gasteiger partial charge in [-0.05, 0) is 94.3 Å². The Hall–Kier alpha value is -2.83. The minimum absolute atomic E-state index is 0.0852. The standard InChI is InChI=1S/C32H36FNO4/c1-31(2,3)38-28(35)16-20-15-27(37-32(4,5)36-20)24-17-25-29(21-13-12-19(33)14-23(21)24)22-8-6-7-9-26(22)34-30(25)18-10-11-18/h6-9,12-14,18,20,24,27H,10-11,15-17H2,1-5H3/t20-,24-,27+/m1/s1. The second-order valence-corrected chi connectivity index (χ2v) is 12.5. The van der Waals surface area contributed by atoms with E-state index in [0.29, 0.717) is 12.3 Å². The topological polar surface area (TPSA) is 57.7 Å². The number of pyridine rings is 1. The molecule has 1 aromatic heterocycles. The van der Waals surface area contributed by atoms with E-state index in [9.17, 15) is 9.18 Å². The number of benzene rings is 2. The molecule has 3 aromatic rings. The molecular weight excluding hydrogens is 481 g/mol. The maximum absolute atomic E-state index is 14.8. The summed E-state index contributed by atoms with van der Waals surface area (Å²) in [5, 5.41) is 1.11. The lowest BCUT2D eigenvalue weighted by molar-refractivity contribution is -0.303. The summed E-state index contributed by atoms with van der Waals surface area (Å²) in [5.41, 5.74) is 6.05. The number of rotatable bonds is 4. The van der Waals surface area contributed by atoms with Crippen LogP contribution in [-0.2, 0) is 25.4 Å². The molecule has 3 atom stereocenters. The van der Waals surface area contributed by atoms with Gasteiger partial charge in [0, 0.05) is 29.3 Å². The van der Waals surface area contributed by atoms with Gasteiger partial charge in [-0.15, -0.1) is 0 Å². The molecule has 0 unspecified atom stereocenters. The summed E-state index contributed by atoms with van der Waals surface area (Å²) in [6, 6.07) is 13.4. The molecule has 1 aliphatic heterocycles. The highest BCUT2D eigenvalue weighted by molar-refractivity contribution is 5.98. The predicted molar refractivity (Wildman–Crippen MR) is 144 cm³/mol. The minimum Gasteiger partial charge on any atom is -0.460 e. The Balaban J connectivity index is 1.41. The first kappa shape index (κ1) is 25.4. The Labute approximate surface area is 223 Å². The normalized spacial score (nSPS) is 24.5. The molecule has 2 fully saturated rings. The van der Waals surface area contributed by atoms with E-state index in [2.05, 4.69) is 12.1 Å². The van der Waals surface area contributed by atoms with Crippen molar-refractivity contribution in [2.45, 2.75) is 102 Å². The van der Waals surface area contributed by atoms with Crippen molar-refractivity contribution in [2.24, 2.45) is 0 Å². The second-order valence-electron chi connectivity index (χ2n) is 12.5. The Morgan fingerprint density at radius 2 is 1.89 bits per heavy atom. The number of nitrogens with zero attached hydrogens (tertiary/aromatic N) is 1. The van der Waals surface area contributed by atoms with E-state index >= 15 is 0 Å². The highest BCUT2D eigenvalue weighted by atomic mass is 19.1. The predicted octanol–water partition coefficient (Wildman–Crippen LogP) is 7.20. The van der Waals surface area contributed by atoms with Crippen molar-refractivity contribution in [2.75, 3.05) is 0 Å². The Kier molecular flexibility index (Phi) is 6.11. The van der Waals surface area contributed by atoms with Crippen molar-refractivity contribution in [3.8, 4) is 11.1 Å². The zero-order valence-electron chi connectivity index (χ0n) is 22.8. The molecule has 0 radical (unpaired) electrons. The minimum atomic E-state index is -0.885. The van der Waals surface area contributed by atoms with Crippen LogP contribution in [-0.4, -0.2) is 34.5 Å². The number of fused-ring (bicyclic) bond motifs is 5. The van der Waals surface area contributed by atoms with Crippen LogP contribution in [0, 0.1) is 5.82 Å². The summed E-state index contributed by atoms with van der Waals surface area (Å²) in [5.74, 6) is -1.04. The summed E-state index contributed by atoms with van der Waals surface area (Å²) < 4.78 is 33.0. The molecule has 5 nitrogen and oxygen atoms in total. The first-order chi connectivity index (χ1) is 18.0. The molecule has 0 spiro atoms. The van der Waals surface area contributed by atoms with E-state index in [1.807, 2.05) is 52.8 Å². The third-order valence-corrected chi connectivity index (χ3v) is 7.74. The zero-order chi connectivity index (χ0) is 26.8. The van der Waals surface area contributed by atoms with Crippen LogP contribution < -0.4 is 0 Å². The molecule has 200 valence electrons. The lowest BCUT2D eigenvalue weighted by atomic mass is 9.73. The molecule has 0 bridgehead atoms. The van der Waals surface area contributed by atoms with Crippen molar-refractivity contribution in [3.63, 3.8) is 0 Å². The van der Waals surface area contributed by atoms with E-state index in [0.717, 1.165) is 41.3 Å². The number of halogens is 1. The van der Waals surface area contributed by atoms with Gasteiger partial charge in [0.15, 0.2) is 5.79 Å². The molecule has 2 aromatic carbocycles. The second kappa shape index (κ2) is 9.13. The van der Waals surface area contributed by atoms with Crippen LogP contribution in [0.1, 0.15) is 89.0 Å². The molecule has 38 heavy (non-hydrogen) atoms. The summed E-state index contributed by atoms with van der Waals surface area (Å²) in [6.07, 6.45) is 3.09. The van der Waals surface area contributed by atoms with Crippen LogP contribution in [0.2, 0.25) is 0 Å². The lowest BCUT2D eigenvalue weighted by Crippen LogP contribution is -2.48. The smallest absolute Gasteiger partial charge is 0.308 e. The highest BCUT2D eigenvalue weighted by Crippen LogP contribution is 2.52. The molecular formula is C32H36FNO4. The zero-order valence-corrected chi connectivity index (χ0v) is 22.8. The van der Waals surface area contributed by atoms with Gasteiger partial charge in [0.2, 0.25) is 0 Å². The van der Waals surface area contributed by atoms with E-state index in [1.165, 1.54) is 16.8 Å². The number of hydrogen-bond acceptors (Lipinski definition) is 5. The van der Waals surface area contributed by atoms with E-state index in [-0.39, 0.29) is 36.3 Å². The van der Waals surface area contributed by atoms with Gasteiger partial charge in [-0.25, -0.2) is 4.39 Å². The van der Waals surface area contributed by atoms with Crippen LogP contribution in [0.4, 0.5) is 4.39 Å². The largest absolute Gasteiger partial charge is 0.460 e. The molecule has 2 aliphatic carbocycles. The average Bonchev–Trinajstić information content (AvgIpc) is 3.65. The van der Waals surface area contributed by atoms with Crippen LogP contribution in [0.25, 0.3) is 22.0 Å². The summed E-state index contributed by atoms with van der Waals surface area (Å²) in [7, 11) is 0. The number of ether oxygens (including phenoxy) is 3. The maximum atomic E-state index is 14.8. The van der Waals surface area contributed by atoms with Gasteiger partial charge in [-0.3, -0.25) is 9.78 Å². The fraction of sp³-hybridized carbons (Fsp3) is 0.500. The monoisotopic (exact) mass is 517 g/mol. The summed E-state index contributed by atoms with van der Waals surface area (Å²) in [6.45, 7) is 9.36. The van der Waals surface area contributed by atoms with Gasteiger partial charge in [-0.1, -0.05) is 24.3 Å². The SMILES string of the molecule is CC(C)(C)OC(=O)C[C@H]1C[C@@H]([C@@H]2Cc3c(C4CC4)nc4ccccc4c3-c3ccc(F)cc32)OC(C)(C)O1. The highest BCUT2D eigenvalue weighted by Gasteiger charge is 2.44. The number of esters is 1. The molecule has 6 heteroatoms. The third-order valence-electron chi connectivity index (χ3n) is 7.74. The van der Waals surface area contributed by atoms with Crippen molar-refractivity contribution in [1.82, 2.24) is 4.98 Å². The van der Waals surface area contributed by atoms with Crippen molar-refractivity contribution in [1.29, 1.82) is 0 Å². The third kappa shape index (κ3) is 4.96.